The summed E-state index contributed by atoms with van der Waals surface area (Å²) in [5.74, 6) is 0.428. The highest BCUT2D eigenvalue weighted by Crippen LogP contribution is 2.22. The van der Waals surface area contributed by atoms with Crippen molar-refractivity contribution in [3.63, 3.8) is 0 Å². The van der Waals surface area contributed by atoms with Crippen LogP contribution in [0.2, 0.25) is 0 Å². The highest BCUT2D eigenvalue weighted by atomic mass is 79.9. The van der Waals surface area contributed by atoms with Gasteiger partial charge in [0.2, 0.25) is 6.41 Å². The SMILES string of the molecule is C/C=C\C=C(/C)c1cc(Br)ccc1C.COC(=O)[C@H](CCSC)NC=O. The van der Waals surface area contributed by atoms with E-state index in [0.717, 1.165) is 10.2 Å². The van der Waals surface area contributed by atoms with Crippen LogP contribution in [0.15, 0.2) is 40.9 Å². The summed E-state index contributed by atoms with van der Waals surface area (Å²) in [5.41, 5.74) is 3.91. The Hall–Kier alpha value is -1.53. The predicted molar refractivity (Wildman–Crippen MR) is 115 cm³/mol. The van der Waals surface area contributed by atoms with E-state index in [4.69, 9.17) is 0 Å². The summed E-state index contributed by atoms with van der Waals surface area (Å²) in [7, 11) is 1.31. The molecule has 0 bridgehead atoms. The van der Waals surface area contributed by atoms with Crippen LogP contribution in [-0.2, 0) is 14.3 Å². The number of ether oxygens (including phenoxy) is 1. The predicted octanol–water partition coefficient (Wildman–Crippen LogP) is 4.76. The highest BCUT2D eigenvalue weighted by molar-refractivity contribution is 9.10. The molecule has 1 rings (SSSR count). The molecule has 0 aromatic heterocycles. The molecule has 1 aromatic rings. The van der Waals surface area contributed by atoms with Crippen molar-refractivity contribution in [2.24, 2.45) is 0 Å². The summed E-state index contributed by atoms with van der Waals surface area (Å²) in [6, 6.07) is 5.86. The van der Waals surface area contributed by atoms with Gasteiger partial charge in [0.15, 0.2) is 0 Å². The molecule has 0 heterocycles. The zero-order valence-electron chi connectivity index (χ0n) is 16.0. The van der Waals surface area contributed by atoms with Gasteiger partial charge in [-0.3, -0.25) is 4.79 Å². The minimum Gasteiger partial charge on any atom is -0.467 e. The lowest BCUT2D eigenvalue weighted by Crippen LogP contribution is -2.37. The van der Waals surface area contributed by atoms with Gasteiger partial charge >= 0.3 is 5.97 Å². The van der Waals surface area contributed by atoms with Gasteiger partial charge in [0.1, 0.15) is 6.04 Å². The number of hydrogen-bond donors (Lipinski definition) is 1. The fourth-order valence-electron chi connectivity index (χ4n) is 2.08. The van der Waals surface area contributed by atoms with Gasteiger partial charge in [0, 0.05) is 4.47 Å². The molecule has 0 unspecified atom stereocenters. The van der Waals surface area contributed by atoms with Crippen LogP contribution >= 0.6 is 27.7 Å². The third-order valence-electron chi connectivity index (χ3n) is 3.53. The van der Waals surface area contributed by atoms with Crippen LogP contribution < -0.4 is 5.32 Å². The van der Waals surface area contributed by atoms with Gasteiger partial charge in [-0.2, -0.15) is 11.8 Å². The Balaban J connectivity index is 0.000000488. The molecule has 0 fully saturated rings. The van der Waals surface area contributed by atoms with Crippen LogP contribution in [0.5, 0.6) is 0 Å². The Morgan fingerprint density at radius 2 is 2.12 bits per heavy atom. The molecule has 0 aliphatic heterocycles. The quantitative estimate of drug-likeness (QED) is 0.358. The van der Waals surface area contributed by atoms with Crippen molar-refractivity contribution in [1.29, 1.82) is 0 Å². The summed E-state index contributed by atoms with van der Waals surface area (Å²) in [4.78, 5) is 21.0. The minimum absolute atomic E-state index is 0.392. The number of thioether (sulfide) groups is 1. The normalized spacial score (nSPS) is 12.2. The Morgan fingerprint density at radius 3 is 2.65 bits per heavy atom. The van der Waals surface area contributed by atoms with E-state index >= 15 is 0 Å². The minimum atomic E-state index is -0.500. The van der Waals surface area contributed by atoms with Crippen molar-refractivity contribution in [1.82, 2.24) is 5.32 Å². The monoisotopic (exact) mass is 441 g/mol. The number of hydrogen-bond acceptors (Lipinski definition) is 4. The van der Waals surface area contributed by atoms with Gasteiger partial charge in [0.05, 0.1) is 7.11 Å². The number of carbonyl (C=O) groups excluding carboxylic acids is 2. The Morgan fingerprint density at radius 1 is 1.42 bits per heavy atom. The van der Waals surface area contributed by atoms with Crippen LogP contribution in [0.3, 0.4) is 0 Å². The Bertz CT molecular complexity index is 629. The number of methoxy groups -OCH3 is 1. The molecule has 0 saturated heterocycles. The largest absolute Gasteiger partial charge is 0.467 e. The van der Waals surface area contributed by atoms with Gasteiger partial charge in [-0.05, 0) is 68.0 Å². The molecule has 26 heavy (non-hydrogen) atoms. The molecule has 6 heteroatoms. The Kier molecular flexibility index (Phi) is 13.8. The number of esters is 1. The van der Waals surface area contributed by atoms with Gasteiger partial charge in [-0.25, -0.2) is 4.79 Å². The maximum Gasteiger partial charge on any atom is 0.328 e. The smallest absolute Gasteiger partial charge is 0.328 e. The number of carbonyl (C=O) groups is 2. The van der Waals surface area contributed by atoms with Crippen LogP contribution in [0.25, 0.3) is 5.57 Å². The molecule has 1 atom stereocenters. The fraction of sp³-hybridized carbons (Fsp3) is 0.400. The van der Waals surface area contributed by atoms with Crippen molar-refractivity contribution in [2.75, 3.05) is 19.1 Å². The average Bonchev–Trinajstić information content (AvgIpc) is 2.64. The maximum absolute atomic E-state index is 11.0. The van der Waals surface area contributed by atoms with Gasteiger partial charge in [-0.1, -0.05) is 40.2 Å². The number of nitrogens with one attached hydrogen (secondary N) is 1. The molecule has 1 aromatic carbocycles. The lowest BCUT2D eigenvalue weighted by Gasteiger charge is -2.11. The van der Waals surface area contributed by atoms with E-state index in [0.29, 0.717) is 12.8 Å². The first kappa shape index (κ1) is 24.5. The number of rotatable bonds is 8. The molecule has 0 spiro atoms. The van der Waals surface area contributed by atoms with E-state index in [2.05, 4.69) is 70.2 Å². The fourth-order valence-corrected chi connectivity index (χ4v) is 2.91. The van der Waals surface area contributed by atoms with Crippen LogP contribution in [0.1, 0.15) is 31.4 Å². The molecule has 1 amide bonds. The van der Waals surface area contributed by atoms with Crippen LogP contribution in [0.4, 0.5) is 0 Å². The number of allylic oxidation sites excluding steroid dienone is 4. The molecule has 144 valence electrons. The molecular weight excluding hydrogens is 414 g/mol. The summed E-state index contributed by atoms with van der Waals surface area (Å²) < 4.78 is 5.62. The van der Waals surface area contributed by atoms with Gasteiger partial charge in [0.25, 0.3) is 0 Å². The summed E-state index contributed by atoms with van der Waals surface area (Å²) in [6.45, 7) is 6.29. The number of benzene rings is 1. The topological polar surface area (TPSA) is 55.4 Å². The molecule has 0 saturated carbocycles. The number of amides is 1. The van der Waals surface area contributed by atoms with E-state index in [1.807, 2.05) is 19.3 Å². The van der Waals surface area contributed by atoms with Gasteiger partial charge in [-0.15, -0.1) is 0 Å². The van der Waals surface area contributed by atoms with Crippen molar-refractivity contribution in [2.45, 2.75) is 33.2 Å². The molecule has 4 nitrogen and oxygen atoms in total. The van der Waals surface area contributed by atoms with Crippen LogP contribution in [-0.4, -0.2) is 37.5 Å². The Labute approximate surface area is 169 Å². The maximum atomic E-state index is 11.0. The first-order chi connectivity index (χ1) is 12.4. The lowest BCUT2D eigenvalue weighted by atomic mass is 10.0. The molecule has 0 aliphatic carbocycles. The molecular formula is C20H28BrNO3S. The lowest BCUT2D eigenvalue weighted by molar-refractivity contribution is -0.144. The van der Waals surface area contributed by atoms with Crippen LogP contribution in [0, 0.1) is 6.92 Å². The standard InChI is InChI=1S/C13H15Br.C7H13NO3S/c1-4-5-6-10(2)13-9-12(14)8-7-11(13)3;1-11-7(10)6(8-5-9)3-4-12-2/h4-9H,1-3H3;5-6H,3-4H2,1-2H3,(H,8,9)/b5-4-,10-6+;/t;6-/m.0/s1. The summed E-state index contributed by atoms with van der Waals surface area (Å²) in [6.07, 6.45) is 9.30. The van der Waals surface area contributed by atoms with Crippen molar-refractivity contribution in [3.05, 3.63) is 52.0 Å². The van der Waals surface area contributed by atoms with E-state index < -0.39 is 12.0 Å². The number of halogens is 1. The second-order valence-corrected chi connectivity index (χ2v) is 7.38. The third-order valence-corrected chi connectivity index (χ3v) is 4.67. The first-order valence-electron chi connectivity index (χ1n) is 8.23. The highest BCUT2D eigenvalue weighted by Gasteiger charge is 2.16. The summed E-state index contributed by atoms with van der Waals surface area (Å²) in [5, 5.41) is 2.40. The average molecular weight is 442 g/mol. The van der Waals surface area contributed by atoms with Gasteiger partial charge < -0.3 is 10.1 Å². The van der Waals surface area contributed by atoms with Crippen molar-refractivity contribution in [3.8, 4) is 0 Å². The van der Waals surface area contributed by atoms with E-state index in [1.165, 1.54) is 23.8 Å². The van der Waals surface area contributed by atoms with E-state index in [-0.39, 0.29) is 0 Å². The zero-order chi connectivity index (χ0) is 19.9. The second kappa shape index (κ2) is 14.6. The summed E-state index contributed by atoms with van der Waals surface area (Å²) >= 11 is 5.11. The van der Waals surface area contributed by atoms with E-state index in [1.54, 1.807) is 11.8 Å². The molecule has 0 radical (unpaired) electrons. The second-order valence-electron chi connectivity index (χ2n) is 5.48. The van der Waals surface area contributed by atoms with Crippen molar-refractivity contribution >= 4 is 45.6 Å². The van der Waals surface area contributed by atoms with Crippen molar-refractivity contribution < 1.29 is 14.3 Å². The van der Waals surface area contributed by atoms with E-state index in [9.17, 15) is 9.59 Å². The molecule has 1 N–H and O–H groups in total. The first-order valence-corrected chi connectivity index (χ1v) is 10.4. The molecule has 0 aliphatic rings. The number of aryl methyl sites for hydroxylation is 1. The third kappa shape index (κ3) is 9.82. The zero-order valence-corrected chi connectivity index (χ0v) is 18.4.